The second-order valence-corrected chi connectivity index (χ2v) is 9.76. The van der Waals surface area contributed by atoms with Crippen LogP contribution in [0.2, 0.25) is 0 Å². The Labute approximate surface area is 218 Å². The molecular weight excluding hydrogens is 526 g/mol. The Hall–Kier alpha value is -2.88. The van der Waals surface area contributed by atoms with E-state index < -0.39 is 0 Å². The molecule has 9 heteroatoms. The molecule has 0 saturated carbocycles. The molecule has 0 aliphatic rings. The van der Waals surface area contributed by atoms with E-state index in [4.69, 9.17) is 9.47 Å². The Morgan fingerprint density at radius 1 is 1.00 bits per heavy atom. The fourth-order valence-electron chi connectivity index (χ4n) is 3.41. The normalized spacial score (nSPS) is 10.9. The van der Waals surface area contributed by atoms with Gasteiger partial charge in [-0.1, -0.05) is 59.8 Å². The van der Waals surface area contributed by atoms with Crippen LogP contribution in [0.5, 0.6) is 11.5 Å². The van der Waals surface area contributed by atoms with E-state index in [0.717, 1.165) is 50.2 Å². The minimum atomic E-state index is 0.482. The van der Waals surface area contributed by atoms with Crippen molar-refractivity contribution in [3.63, 3.8) is 0 Å². The van der Waals surface area contributed by atoms with Crippen LogP contribution in [0.15, 0.2) is 76.4 Å². The molecule has 0 bridgehead atoms. The standard InChI is InChI=1S/C26H28BrN5O2S/c1-3-33-24-16-21(15-23(27)25(24)34-18-20-11-9-19(2)10-12-20)17-28-13-14-35-26-29-30-31-32(26)22-7-5-4-6-8-22/h4-12,15-16,28H,3,13-14,17-18H2,1-2H3. The number of hydrogen-bond acceptors (Lipinski definition) is 7. The van der Waals surface area contributed by atoms with Gasteiger partial charge in [-0.3, -0.25) is 0 Å². The molecule has 4 rings (SSSR count). The lowest BCUT2D eigenvalue weighted by atomic mass is 10.1. The zero-order valence-corrected chi connectivity index (χ0v) is 22.2. The summed E-state index contributed by atoms with van der Waals surface area (Å²) in [5.41, 5.74) is 4.41. The molecular formula is C26H28BrN5O2S. The minimum Gasteiger partial charge on any atom is -0.490 e. The lowest BCUT2D eigenvalue weighted by Gasteiger charge is -2.16. The highest BCUT2D eigenvalue weighted by molar-refractivity contribution is 9.10. The highest BCUT2D eigenvalue weighted by atomic mass is 79.9. The highest BCUT2D eigenvalue weighted by Crippen LogP contribution is 2.37. The molecule has 0 atom stereocenters. The van der Waals surface area contributed by atoms with Crippen LogP contribution in [-0.2, 0) is 13.2 Å². The number of aromatic nitrogens is 4. The van der Waals surface area contributed by atoms with E-state index in [1.54, 1.807) is 16.4 Å². The Kier molecular flexibility index (Phi) is 9.16. The number of tetrazole rings is 1. The van der Waals surface area contributed by atoms with Crippen LogP contribution in [0.3, 0.4) is 0 Å². The Morgan fingerprint density at radius 2 is 1.80 bits per heavy atom. The third-order valence-corrected chi connectivity index (χ3v) is 6.66. The number of thioether (sulfide) groups is 1. The molecule has 3 aromatic carbocycles. The number of rotatable bonds is 12. The van der Waals surface area contributed by atoms with Gasteiger partial charge >= 0.3 is 0 Å². The summed E-state index contributed by atoms with van der Waals surface area (Å²) in [6.07, 6.45) is 0. The van der Waals surface area contributed by atoms with Crippen LogP contribution < -0.4 is 14.8 Å². The number of aryl methyl sites for hydroxylation is 1. The van der Waals surface area contributed by atoms with Gasteiger partial charge in [-0.15, -0.1) is 5.10 Å². The number of ether oxygens (including phenoxy) is 2. The van der Waals surface area contributed by atoms with Crippen LogP contribution in [0.4, 0.5) is 0 Å². The molecule has 1 aromatic heterocycles. The molecule has 4 aromatic rings. The SMILES string of the molecule is CCOc1cc(CNCCSc2nnnn2-c2ccccc2)cc(Br)c1OCc1ccc(C)cc1. The van der Waals surface area contributed by atoms with Gasteiger partial charge in [-0.25, -0.2) is 0 Å². The smallest absolute Gasteiger partial charge is 0.214 e. The van der Waals surface area contributed by atoms with E-state index in [-0.39, 0.29) is 0 Å². The maximum atomic E-state index is 6.12. The maximum Gasteiger partial charge on any atom is 0.214 e. The molecule has 182 valence electrons. The lowest BCUT2D eigenvalue weighted by molar-refractivity contribution is 0.267. The number of halogens is 1. The predicted octanol–water partition coefficient (Wildman–Crippen LogP) is 5.59. The fraction of sp³-hybridized carbons (Fsp3) is 0.269. The predicted molar refractivity (Wildman–Crippen MR) is 142 cm³/mol. The number of nitrogens with one attached hydrogen (secondary N) is 1. The van der Waals surface area contributed by atoms with E-state index >= 15 is 0 Å². The zero-order valence-electron chi connectivity index (χ0n) is 19.8. The quantitative estimate of drug-likeness (QED) is 0.181. The molecule has 0 aliphatic carbocycles. The van der Waals surface area contributed by atoms with E-state index in [1.807, 2.05) is 43.3 Å². The van der Waals surface area contributed by atoms with Gasteiger partial charge in [0.15, 0.2) is 11.5 Å². The van der Waals surface area contributed by atoms with Gasteiger partial charge in [0, 0.05) is 18.8 Å². The first-order chi connectivity index (χ1) is 17.1. The number of nitrogens with zero attached hydrogens (tertiary/aromatic N) is 4. The first-order valence-electron chi connectivity index (χ1n) is 11.4. The molecule has 0 unspecified atom stereocenters. The van der Waals surface area contributed by atoms with Crippen molar-refractivity contribution in [1.29, 1.82) is 0 Å². The maximum absolute atomic E-state index is 6.12. The third kappa shape index (κ3) is 7.06. The first-order valence-corrected chi connectivity index (χ1v) is 13.2. The zero-order chi connectivity index (χ0) is 24.5. The summed E-state index contributed by atoms with van der Waals surface area (Å²) in [4.78, 5) is 0. The van der Waals surface area contributed by atoms with Gasteiger partial charge in [0.1, 0.15) is 6.61 Å². The van der Waals surface area contributed by atoms with Crippen LogP contribution >= 0.6 is 27.7 Å². The van der Waals surface area contributed by atoms with E-state index in [1.165, 1.54) is 5.56 Å². The second-order valence-electron chi connectivity index (χ2n) is 7.85. The van der Waals surface area contributed by atoms with Crippen molar-refractivity contribution in [3.8, 4) is 17.2 Å². The summed E-state index contributed by atoms with van der Waals surface area (Å²) in [7, 11) is 0. The summed E-state index contributed by atoms with van der Waals surface area (Å²) in [6.45, 7) is 6.62. The number of para-hydroxylation sites is 1. The summed E-state index contributed by atoms with van der Waals surface area (Å²) in [6, 6.07) is 22.3. The second kappa shape index (κ2) is 12.7. The van der Waals surface area contributed by atoms with Gasteiger partial charge in [-0.05, 0) is 75.6 Å². The largest absolute Gasteiger partial charge is 0.490 e. The molecule has 0 saturated heterocycles. The molecule has 0 amide bonds. The van der Waals surface area contributed by atoms with E-state index in [0.29, 0.717) is 19.8 Å². The van der Waals surface area contributed by atoms with Crippen molar-refractivity contribution in [2.75, 3.05) is 18.9 Å². The summed E-state index contributed by atoms with van der Waals surface area (Å²) < 4.78 is 14.6. The minimum absolute atomic E-state index is 0.482. The Balaban J connectivity index is 1.31. The van der Waals surface area contributed by atoms with Crippen molar-refractivity contribution < 1.29 is 9.47 Å². The molecule has 1 heterocycles. The average molecular weight is 555 g/mol. The van der Waals surface area contributed by atoms with Crippen molar-refractivity contribution in [2.24, 2.45) is 0 Å². The number of benzene rings is 3. The van der Waals surface area contributed by atoms with E-state index in [9.17, 15) is 0 Å². The lowest BCUT2D eigenvalue weighted by Crippen LogP contribution is -2.17. The summed E-state index contributed by atoms with van der Waals surface area (Å²) in [5.74, 6) is 2.30. The molecule has 0 aliphatic heterocycles. The van der Waals surface area contributed by atoms with Crippen LogP contribution in [0, 0.1) is 6.92 Å². The Morgan fingerprint density at radius 3 is 2.57 bits per heavy atom. The monoisotopic (exact) mass is 553 g/mol. The highest BCUT2D eigenvalue weighted by Gasteiger charge is 2.13. The first kappa shape index (κ1) is 25.2. The fourth-order valence-corrected chi connectivity index (χ4v) is 4.80. The van der Waals surface area contributed by atoms with Crippen molar-refractivity contribution in [1.82, 2.24) is 25.5 Å². The van der Waals surface area contributed by atoms with Crippen LogP contribution in [0.1, 0.15) is 23.6 Å². The third-order valence-electron chi connectivity index (χ3n) is 5.15. The van der Waals surface area contributed by atoms with Gasteiger partial charge in [0.2, 0.25) is 5.16 Å². The molecule has 7 nitrogen and oxygen atoms in total. The van der Waals surface area contributed by atoms with Crippen molar-refractivity contribution >= 4 is 27.7 Å². The van der Waals surface area contributed by atoms with Gasteiger partial charge in [0.05, 0.1) is 16.8 Å². The Bertz CT molecular complexity index is 1220. The topological polar surface area (TPSA) is 74.1 Å². The van der Waals surface area contributed by atoms with E-state index in [2.05, 4.69) is 74.0 Å². The van der Waals surface area contributed by atoms with Gasteiger partial charge in [-0.2, -0.15) is 4.68 Å². The van der Waals surface area contributed by atoms with Crippen LogP contribution in [-0.4, -0.2) is 39.1 Å². The summed E-state index contributed by atoms with van der Waals surface area (Å²) in [5, 5.41) is 16.3. The van der Waals surface area contributed by atoms with Crippen molar-refractivity contribution in [2.45, 2.75) is 32.2 Å². The average Bonchev–Trinajstić information content (AvgIpc) is 3.34. The van der Waals surface area contributed by atoms with Gasteiger partial charge in [0.25, 0.3) is 0 Å². The van der Waals surface area contributed by atoms with Gasteiger partial charge < -0.3 is 14.8 Å². The summed E-state index contributed by atoms with van der Waals surface area (Å²) >= 11 is 5.29. The molecule has 0 spiro atoms. The van der Waals surface area contributed by atoms with Crippen molar-refractivity contribution in [3.05, 3.63) is 87.9 Å². The molecule has 0 radical (unpaired) electrons. The molecule has 1 N–H and O–H groups in total. The molecule has 0 fully saturated rings. The van der Waals surface area contributed by atoms with Crippen LogP contribution in [0.25, 0.3) is 5.69 Å². The number of hydrogen-bond donors (Lipinski definition) is 1. The molecule has 35 heavy (non-hydrogen) atoms.